The summed E-state index contributed by atoms with van der Waals surface area (Å²) in [5.41, 5.74) is 4.87. The Morgan fingerprint density at radius 2 is 2.07 bits per heavy atom. The van der Waals surface area contributed by atoms with Crippen molar-refractivity contribution in [3.05, 3.63) is 29.8 Å². The molecule has 1 N–H and O–H groups in total. The predicted octanol–water partition coefficient (Wildman–Crippen LogP) is 2.37. The maximum Gasteiger partial charge on any atom is 0.175 e. The van der Waals surface area contributed by atoms with Gasteiger partial charge in [-0.2, -0.15) is 5.10 Å². The third kappa shape index (κ3) is 3.39. The summed E-state index contributed by atoms with van der Waals surface area (Å²) in [4.78, 5) is 10.9. The van der Waals surface area contributed by atoms with Crippen molar-refractivity contribution in [1.82, 2.24) is 0 Å². The van der Waals surface area contributed by atoms with E-state index in [2.05, 4.69) is 10.5 Å². The van der Waals surface area contributed by atoms with Crippen molar-refractivity contribution in [2.45, 2.75) is 20.3 Å². The van der Waals surface area contributed by atoms with Crippen LogP contribution in [0, 0.1) is 6.92 Å². The molecule has 0 spiro atoms. The average molecular weight is 190 g/mol. The molecule has 0 aliphatic heterocycles. The molecule has 0 aliphatic carbocycles. The Morgan fingerprint density at radius 1 is 1.43 bits per heavy atom. The molecule has 0 unspecified atom stereocenters. The summed E-state index contributed by atoms with van der Waals surface area (Å²) in [6.07, 6.45) is 1.79. The Bertz CT molecular complexity index is 328. The maximum atomic E-state index is 10.9. The van der Waals surface area contributed by atoms with Gasteiger partial charge in [-0.3, -0.25) is 10.2 Å². The lowest BCUT2D eigenvalue weighted by Gasteiger charge is -1.99. The molecule has 0 saturated heterocycles. The monoisotopic (exact) mass is 190 g/mol. The van der Waals surface area contributed by atoms with Crippen LogP contribution in [0.15, 0.2) is 29.4 Å². The van der Waals surface area contributed by atoms with E-state index in [0.29, 0.717) is 6.42 Å². The highest BCUT2D eigenvalue weighted by Crippen LogP contribution is 2.07. The number of anilines is 1. The van der Waals surface area contributed by atoms with Crippen LogP contribution < -0.4 is 5.43 Å². The highest BCUT2D eigenvalue weighted by Gasteiger charge is 1.91. The van der Waals surface area contributed by atoms with Gasteiger partial charge < -0.3 is 0 Å². The largest absolute Gasteiger partial charge is 0.293 e. The smallest absolute Gasteiger partial charge is 0.175 e. The van der Waals surface area contributed by atoms with Crippen molar-refractivity contribution >= 4 is 17.7 Å². The van der Waals surface area contributed by atoms with Crippen LogP contribution in [0.4, 0.5) is 5.69 Å². The summed E-state index contributed by atoms with van der Waals surface area (Å²) in [7, 11) is 0. The predicted molar refractivity (Wildman–Crippen MR) is 58.6 cm³/mol. The number of Topliss-reactive ketones (excluding diaryl/α,β-unsaturated/α-hetero) is 1. The zero-order valence-corrected chi connectivity index (χ0v) is 8.45. The second-order valence-electron chi connectivity index (χ2n) is 3.06. The highest BCUT2D eigenvalue weighted by atomic mass is 16.1. The number of carbonyl (C=O) groups excluding carboxylic acids is 1. The second kappa shape index (κ2) is 5.17. The first kappa shape index (κ1) is 10.4. The fourth-order valence-corrected chi connectivity index (χ4v) is 0.898. The summed E-state index contributed by atoms with van der Waals surface area (Å²) >= 11 is 0. The van der Waals surface area contributed by atoms with Crippen LogP contribution in [0.25, 0.3) is 0 Å². The van der Waals surface area contributed by atoms with Crippen LogP contribution in [0.3, 0.4) is 0 Å². The minimum atomic E-state index is 0.0182. The summed E-state index contributed by atoms with van der Waals surface area (Å²) in [5.74, 6) is 0.0182. The molecule has 0 bridgehead atoms. The van der Waals surface area contributed by atoms with Crippen LogP contribution in [0.5, 0.6) is 0 Å². The Balaban J connectivity index is 2.49. The Morgan fingerprint density at radius 3 is 2.64 bits per heavy atom. The Labute approximate surface area is 83.8 Å². The summed E-state index contributed by atoms with van der Waals surface area (Å²) in [6, 6.07) is 7.81. The van der Waals surface area contributed by atoms with Crippen molar-refractivity contribution < 1.29 is 4.79 Å². The van der Waals surface area contributed by atoms with Crippen molar-refractivity contribution in [2.24, 2.45) is 5.10 Å². The van der Waals surface area contributed by atoms with Gasteiger partial charge in [-0.05, 0) is 19.1 Å². The van der Waals surface area contributed by atoms with E-state index in [1.54, 1.807) is 6.92 Å². The number of aryl methyl sites for hydroxylation is 1. The molecule has 0 atom stereocenters. The van der Waals surface area contributed by atoms with Crippen LogP contribution >= 0.6 is 0 Å². The molecule has 0 heterocycles. The molecule has 0 amide bonds. The van der Waals surface area contributed by atoms with Gasteiger partial charge in [0.2, 0.25) is 0 Å². The zero-order chi connectivity index (χ0) is 10.4. The minimum Gasteiger partial charge on any atom is -0.293 e. The van der Waals surface area contributed by atoms with Gasteiger partial charge in [-0.25, -0.2) is 0 Å². The van der Waals surface area contributed by atoms with E-state index < -0.39 is 0 Å². The molecule has 0 aliphatic rings. The van der Waals surface area contributed by atoms with Gasteiger partial charge in [-0.15, -0.1) is 0 Å². The number of hydrazone groups is 1. The van der Waals surface area contributed by atoms with E-state index in [9.17, 15) is 4.79 Å². The summed E-state index contributed by atoms with van der Waals surface area (Å²) in [5, 5.41) is 3.82. The number of carbonyl (C=O) groups is 1. The van der Waals surface area contributed by atoms with Gasteiger partial charge in [-0.1, -0.05) is 24.6 Å². The van der Waals surface area contributed by atoms with Gasteiger partial charge in [0.05, 0.1) is 11.9 Å². The van der Waals surface area contributed by atoms with E-state index in [4.69, 9.17) is 0 Å². The van der Waals surface area contributed by atoms with Gasteiger partial charge >= 0.3 is 0 Å². The van der Waals surface area contributed by atoms with Crippen molar-refractivity contribution in [2.75, 3.05) is 5.43 Å². The van der Waals surface area contributed by atoms with Gasteiger partial charge in [0.25, 0.3) is 0 Å². The number of nitrogens with zero attached hydrogens (tertiary/aromatic N) is 1. The molecule has 0 fully saturated rings. The number of benzene rings is 1. The van der Waals surface area contributed by atoms with E-state index in [-0.39, 0.29) is 5.78 Å². The van der Waals surface area contributed by atoms with E-state index in [1.807, 2.05) is 31.2 Å². The van der Waals surface area contributed by atoms with E-state index >= 15 is 0 Å². The molecule has 74 valence electrons. The highest BCUT2D eigenvalue weighted by molar-refractivity contribution is 6.27. The topological polar surface area (TPSA) is 41.5 Å². The number of hydrogen-bond acceptors (Lipinski definition) is 3. The maximum absolute atomic E-state index is 10.9. The zero-order valence-electron chi connectivity index (χ0n) is 8.45. The normalized spacial score (nSPS) is 10.4. The van der Waals surface area contributed by atoms with Crippen LogP contribution in [-0.2, 0) is 4.79 Å². The lowest BCUT2D eigenvalue weighted by molar-refractivity contribution is -0.112. The molecule has 1 rings (SSSR count). The van der Waals surface area contributed by atoms with Crippen LogP contribution in [0.1, 0.15) is 18.9 Å². The molecule has 1 aromatic carbocycles. The molecule has 14 heavy (non-hydrogen) atoms. The van der Waals surface area contributed by atoms with Gasteiger partial charge in [0.1, 0.15) is 0 Å². The van der Waals surface area contributed by atoms with Crippen LogP contribution in [0.2, 0.25) is 0 Å². The fraction of sp³-hybridized carbons (Fsp3) is 0.273. The third-order valence-corrected chi connectivity index (χ3v) is 1.80. The second-order valence-corrected chi connectivity index (χ2v) is 3.06. The molecule has 0 aromatic heterocycles. The Kier molecular flexibility index (Phi) is 3.85. The molecular weight excluding hydrogens is 176 g/mol. The average Bonchev–Trinajstić information content (AvgIpc) is 2.21. The third-order valence-electron chi connectivity index (χ3n) is 1.80. The fourth-order valence-electron chi connectivity index (χ4n) is 0.898. The first-order valence-corrected chi connectivity index (χ1v) is 4.61. The molecule has 3 heteroatoms. The lowest BCUT2D eigenvalue weighted by Crippen LogP contribution is -1.98. The first-order valence-electron chi connectivity index (χ1n) is 4.61. The molecule has 3 nitrogen and oxygen atoms in total. The first-order chi connectivity index (χ1) is 6.72. The van der Waals surface area contributed by atoms with Crippen molar-refractivity contribution in [1.29, 1.82) is 0 Å². The summed E-state index contributed by atoms with van der Waals surface area (Å²) < 4.78 is 0. The summed E-state index contributed by atoms with van der Waals surface area (Å²) in [6.45, 7) is 3.83. The van der Waals surface area contributed by atoms with Gasteiger partial charge in [0.15, 0.2) is 5.78 Å². The standard InChI is InChI=1S/C11H14N2O/c1-3-11(14)8-12-13-10-6-4-9(2)5-7-10/h4-8,13H,3H2,1-2H3/b12-8+. The molecule has 1 aromatic rings. The SMILES string of the molecule is CCC(=O)/C=N/Nc1ccc(C)cc1. The number of ketones is 1. The van der Waals surface area contributed by atoms with Crippen LogP contribution in [-0.4, -0.2) is 12.0 Å². The van der Waals surface area contributed by atoms with Crippen molar-refractivity contribution in [3.63, 3.8) is 0 Å². The van der Waals surface area contributed by atoms with Gasteiger partial charge in [0, 0.05) is 6.42 Å². The molecule has 0 saturated carbocycles. The van der Waals surface area contributed by atoms with E-state index in [0.717, 1.165) is 5.69 Å². The minimum absolute atomic E-state index is 0.0182. The Hall–Kier alpha value is -1.64. The molecule has 0 radical (unpaired) electrons. The number of nitrogens with one attached hydrogen (secondary N) is 1. The molecular formula is C11H14N2O. The van der Waals surface area contributed by atoms with E-state index in [1.165, 1.54) is 11.8 Å². The number of rotatable bonds is 4. The lowest BCUT2D eigenvalue weighted by atomic mass is 10.2. The van der Waals surface area contributed by atoms with Crippen molar-refractivity contribution in [3.8, 4) is 0 Å². The quantitative estimate of drug-likeness (QED) is 0.585. The number of hydrogen-bond donors (Lipinski definition) is 1.